The maximum absolute atomic E-state index is 9.93. The molecule has 0 radical (unpaired) electrons. The zero-order valence-corrected chi connectivity index (χ0v) is 20.1. The molecule has 7 rings (SSSR count). The number of H-pyrrole nitrogens is 1. The number of fused-ring (bicyclic) bond motifs is 2. The van der Waals surface area contributed by atoms with Crippen molar-refractivity contribution in [3.8, 4) is 34.2 Å². The lowest BCUT2D eigenvalue weighted by Gasteiger charge is -2.15. The summed E-state index contributed by atoms with van der Waals surface area (Å²) in [6.45, 7) is 0.553. The van der Waals surface area contributed by atoms with Crippen LogP contribution in [0.2, 0.25) is 5.02 Å². The minimum Gasteiger partial charge on any atom is -0.456 e. The van der Waals surface area contributed by atoms with Crippen molar-refractivity contribution in [2.45, 2.75) is 24.4 Å². The summed E-state index contributed by atoms with van der Waals surface area (Å²) in [6.07, 6.45) is 3.69. The average Bonchev–Trinajstić information content (AvgIpc) is 3.71. The maximum Gasteiger partial charge on any atom is 0.296 e. The van der Waals surface area contributed by atoms with E-state index in [0.717, 1.165) is 22.5 Å². The summed E-state index contributed by atoms with van der Waals surface area (Å²) in [5.74, 6) is 0. The molecule has 2 aliphatic heterocycles. The van der Waals surface area contributed by atoms with Crippen LogP contribution in [0.15, 0.2) is 67.1 Å². The Labute approximate surface area is 215 Å². The van der Waals surface area contributed by atoms with Crippen molar-refractivity contribution in [2.24, 2.45) is 0 Å². The summed E-state index contributed by atoms with van der Waals surface area (Å²) in [6, 6.07) is 15.8. The lowest BCUT2D eigenvalue weighted by Crippen LogP contribution is -2.34. The van der Waals surface area contributed by atoms with E-state index in [1.165, 1.54) is 0 Å². The fourth-order valence-corrected chi connectivity index (χ4v) is 5.02. The molecule has 0 aliphatic carbocycles. The van der Waals surface area contributed by atoms with E-state index in [-0.39, 0.29) is 24.9 Å². The summed E-state index contributed by atoms with van der Waals surface area (Å²) in [5.41, 5.74) is 5.33. The van der Waals surface area contributed by atoms with Crippen molar-refractivity contribution in [1.82, 2.24) is 29.7 Å². The zero-order valence-electron chi connectivity index (χ0n) is 19.4. The third-order valence-corrected chi connectivity index (χ3v) is 6.91. The Bertz CT molecular complexity index is 1560. The second kappa shape index (κ2) is 8.93. The molecule has 2 saturated heterocycles. The van der Waals surface area contributed by atoms with Crippen molar-refractivity contribution in [3.05, 3.63) is 72.1 Å². The smallest absolute Gasteiger partial charge is 0.296 e. The van der Waals surface area contributed by atoms with Gasteiger partial charge in [0.25, 0.3) is 6.01 Å². The highest BCUT2D eigenvalue weighted by Crippen LogP contribution is 2.33. The second-order valence-corrected chi connectivity index (χ2v) is 9.39. The molecule has 2 fully saturated rings. The summed E-state index contributed by atoms with van der Waals surface area (Å²) in [4.78, 5) is 16.9. The molecule has 10 nitrogen and oxygen atoms in total. The first-order valence-corrected chi connectivity index (χ1v) is 12.2. The van der Waals surface area contributed by atoms with Crippen LogP contribution in [0.4, 0.5) is 0 Å². The van der Waals surface area contributed by atoms with Crippen molar-refractivity contribution in [3.63, 3.8) is 0 Å². The van der Waals surface area contributed by atoms with Gasteiger partial charge in [-0.2, -0.15) is 10.1 Å². The highest BCUT2D eigenvalue weighted by Gasteiger charge is 2.48. The fraction of sp³-hybridized carbons (Fsp3) is 0.231. The number of aromatic amines is 1. The minimum absolute atomic E-state index is 0.237. The zero-order chi connectivity index (χ0) is 24.9. The SMILES string of the molecule is O[C@@H]1COC2C1OC[C@H]2Oc1nc2nc(-c3ccc(-c4ccc(-n5cccn5)cn4)cc3)c(Cl)cc2[nH]1. The molecule has 4 atom stereocenters. The monoisotopic (exact) mass is 516 g/mol. The molecule has 2 unspecified atom stereocenters. The Kier molecular flexibility index (Phi) is 5.40. The molecular weight excluding hydrogens is 496 g/mol. The third-order valence-electron chi connectivity index (χ3n) is 6.62. The number of halogens is 1. The molecule has 6 heterocycles. The van der Waals surface area contributed by atoms with Gasteiger partial charge in [-0.3, -0.25) is 4.98 Å². The molecule has 186 valence electrons. The third kappa shape index (κ3) is 4.04. The Morgan fingerprint density at radius 1 is 1.03 bits per heavy atom. The van der Waals surface area contributed by atoms with Gasteiger partial charge >= 0.3 is 0 Å². The summed E-state index contributed by atoms with van der Waals surface area (Å²) >= 11 is 6.59. The van der Waals surface area contributed by atoms with Gasteiger partial charge in [-0.05, 0) is 24.3 Å². The number of nitrogens with one attached hydrogen (secondary N) is 1. The number of rotatable bonds is 5. The van der Waals surface area contributed by atoms with Crippen molar-refractivity contribution >= 4 is 22.8 Å². The first kappa shape index (κ1) is 22.4. The number of benzene rings is 1. The number of aliphatic hydroxyl groups excluding tert-OH is 1. The molecule has 4 aromatic heterocycles. The van der Waals surface area contributed by atoms with Gasteiger partial charge in [-0.25, -0.2) is 9.67 Å². The van der Waals surface area contributed by atoms with Crippen LogP contribution in [-0.2, 0) is 9.47 Å². The number of ether oxygens (including phenoxy) is 3. The number of nitrogens with zero attached hydrogens (tertiary/aromatic N) is 5. The molecule has 11 heteroatoms. The quantitative estimate of drug-likeness (QED) is 0.364. The molecule has 2 aliphatic rings. The molecular formula is C26H21ClN6O4. The molecule has 0 saturated carbocycles. The van der Waals surface area contributed by atoms with Crippen LogP contribution in [-0.4, -0.2) is 72.5 Å². The Morgan fingerprint density at radius 2 is 1.86 bits per heavy atom. The normalized spacial score (nSPS) is 23.0. The molecule has 0 amide bonds. The molecule has 2 N–H and O–H groups in total. The van der Waals surface area contributed by atoms with E-state index in [2.05, 4.69) is 25.0 Å². The van der Waals surface area contributed by atoms with Gasteiger partial charge in [0.15, 0.2) is 11.8 Å². The van der Waals surface area contributed by atoms with E-state index >= 15 is 0 Å². The number of aromatic nitrogens is 6. The molecule has 5 aromatic rings. The van der Waals surface area contributed by atoms with Gasteiger partial charge in [-0.1, -0.05) is 35.9 Å². The number of pyridine rings is 2. The van der Waals surface area contributed by atoms with Crippen LogP contribution in [0, 0.1) is 0 Å². The highest BCUT2D eigenvalue weighted by molar-refractivity contribution is 6.33. The van der Waals surface area contributed by atoms with Crippen molar-refractivity contribution in [1.29, 1.82) is 0 Å². The topological polar surface area (TPSA) is 120 Å². The fourth-order valence-electron chi connectivity index (χ4n) is 4.76. The van der Waals surface area contributed by atoms with Crippen molar-refractivity contribution < 1.29 is 19.3 Å². The van der Waals surface area contributed by atoms with Crippen LogP contribution < -0.4 is 4.74 Å². The average molecular weight is 517 g/mol. The van der Waals surface area contributed by atoms with Crippen LogP contribution >= 0.6 is 11.6 Å². The van der Waals surface area contributed by atoms with Gasteiger partial charge in [0.2, 0.25) is 0 Å². The number of imidazole rings is 1. The molecule has 0 bridgehead atoms. The van der Waals surface area contributed by atoms with Gasteiger partial charge < -0.3 is 24.3 Å². The van der Waals surface area contributed by atoms with Gasteiger partial charge in [0.1, 0.15) is 18.3 Å². The summed E-state index contributed by atoms with van der Waals surface area (Å²) in [5, 5.41) is 14.7. The number of aliphatic hydroxyl groups is 1. The van der Waals surface area contributed by atoms with Crippen LogP contribution in [0.1, 0.15) is 0 Å². The van der Waals surface area contributed by atoms with Gasteiger partial charge in [0, 0.05) is 23.5 Å². The lowest BCUT2D eigenvalue weighted by molar-refractivity contribution is 0.00706. The predicted octanol–water partition coefficient (Wildman–Crippen LogP) is 3.43. The summed E-state index contributed by atoms with van der Waals surface area (Å²) in [7, 11) is 0. The number of hydrogen-bond donors (Lipinski definition) is 2. The standard InChI is InChI=1S/C26H21ClN6O4/c27-17-10-19-25(32-26(30-19)37-21-13-36-23-20(34)12-35-24(21)23)31-22(17)15-4-2-14(3-5-15)18-7-6-16(11-28-18)33-9-1-8-29-33/h1-11,20-21,23-24,34H,12-13H2,(H,30,31,32)/t20-,21-,23?,24?/m1/s1. The molecule has 37 heavy (non-hydrogen) atoms. The van der Waals surface area contributed by atoms with E-state index in [4.69, 9.17) is 25.8 Å². The Hall–Kier alpha value is -3.83. The van der Waals surface area contributed by atoms with Crippen molar-refractivity contribution in [2.75, 3.05) is 13.2 Å². The number of hydrogen-bond acceptors (Lipinski definition) is 8. The molecule has 1 aromatic carbocycles. The van der Waals surface area contributed by atoms with Crippen LogP contribution in [0.25, 0.3) is 39.4 Å². The molecule has 0 spiro atoms. The van der Waals surface area contributed by atoms with Gasteiger partial charge in [0.05, 0.1) is 47.0 Å². The van der Waals surface area contributed by atoms with E-state index < -0.39 is 6.10 Å². The first-order chi connectivity index (χ1) is 18.1. The first-order valence-electron chi connectivity index (χ1n) is 11.8. The van der Waals surface area contributed by atoms with E-state index in [1.54, 1.807) is 23.1 Å². The van der Waals surface area contributed by atoms with E-state index in [1.807, 2.05) is 48.7 Å². The van der Waals surface area contributed by atoms with Gasteiger partial charge in [-0.15, -0.1) is 0 Å². The highest BCUT2D eigenvalue weighted by atomic mass is 35.5. The Morgan fingerprint density at radius 3 is 2.65 bits per heavy atom. The van der Waals surface area contributed by atoms with Crippen LogP contribution in [0.5, 0.6) is 6.01 Å². The van der Waals surface area contributed by atoms with Crippen LogP contribution in [0.3, 0.4) is 0 Å². The largest absolute Gasteiger partial charge is 0.456 e. The predicted molar refractivity (Wildman–Crippen MR) is 135 cm³/mol. The Balaban J connectivity index is 1.11. The van der Waals surface area contributed by atoms with E-state index in [0.29, 0.717) is 34.5 Å². The van der Waals surface area contributed by atoms with E-state index in [9.17, 15) is 5.11 Å². The maximum atomic E-state index is 9.93. The lowest BCUT2D eigenvalue weighted by atomic mass is 10.1. The summed E-state index contributed by atoms with van der Waals surface area (Å²) < 4.78 is 19.0. The second-order valence-electron chi connectivity index (χ2n) is 8.98. The minimum atomic E-state index is -0.638.